The number of carbonyl (C=O) groups excluding carboxylic acids is 1. The molecule has 0 aliphatic carbocycles. The van der Waals surface area contributed by atoms with Gasteiger partial charge in [-0.2, -0.15) is 0 Å². The Morgan fingerprint density at radius 1 is 1.03 bits per heavy atom. The zero-order valence-corrected chi connectivity index (χ0v) is 18.6. The highest BCUT2D eigenvalue weighted by molar-refractivity contribution is 6.17. The second kappa shape index (κ2) is 8.42. The largest absolute Gasteiger partial charge is 0.348 e. The van der Waals surface area contributed by atoms with Crippen LogP contribution in [-0.4, -0.2) is 15.0 Å². The van der Waals surface area contributed by atoms with E-state index in [-0.39, 0.29) is 17.4 Å². The number of pyridine rings is 1. The highest BCUT2D eigenvalue weighted by Gasteiger charge is 2.21. The summed E-state index contributed by atoms with van der Waals surface area (Å²) in [7, 11) is 1.89. The molecule has 0 saturated heterocycles. The molecule has 0 fully saturated rings. The van der Waals surface area contributed by atoms with Crippen LogP contribution in [0.4, 0.5) is 0 Å². The van der Waals surface area contributed by atoms with Crippen molar-refractivity contribution in [3.05, 3.63) is 81.8 Å². The molecule has 2 aromatic carbocycles. The van der Waals surface area contributed by atoms with Gasteiger partial charge in [0.25, 0.3) is 11.5 Å². The maximum absolute atomic E-state index is 13.3. The minimum atomic E-state index is -0.168. The van der Waals surface area contributed by atoms with Crippen molar-refractivity contribution in [2.75, 3.05) is 0 Å². The maximum Gasteiger partial charge on any atom is 0.275 e. The number of fused-ring (bicyclic) bond motifs is 3. The maximum atomic E-state index is 13.3. The van der Waals surface area contributed by atoms with Crippen molar-refractivity contribution in [2.24, 2.45) is 13.0 Å². The number of carbonyl (C=O) groups is 1. The van der Waals surface area contributed by atoms with Crippen LogP contribution in [-0.2, 0) is 26.6 Å². The van der Waals surface area contributed by atoms with Crippen LogP contribution in [0.1, 0.15) is 42.3 Å². The first-order valence-electron chi connectivity index (χ1n) is 10.9. The van der Waals surface area contributed by atoms with Gasteiger partial charge in [0.15, 0.2) is 0 Å². The molecular formula is C26H29N3O2. The van der Waals surface area contributed by atoms with Gasteiger partial charge in [0.2, 0.25) is 0 Å². The zero-order chi connectivity index (χ0) is 22.1. The van der Waals surface area contributed by atoms with Gasteiger partial charge in [0.1, 0.15) is 5.52 Å². The fraction of sp³-hybridized carbons (Fsp3) is 0.308. The Morgan fingerprint density at radius 2 is 1.71 bits per heavy atom. The molecule has 5 nitrogen and oxygen atoms in total. The van der Waals surface area contributed by atoms with Crippen molar-refractivity contribution >= 4 is 27.7 Å². The second-order valence-corrected chi connectivity index (χ2v) is 8.55. The van der Waals surface area contributed by atoms with Crippen molar-refractivity contribution < 1.29 is 4.79 Å². The molecular weight excluding hydrogens is 386 g/mol. The molecule has 0 atom stereocenters. The van der Waals surface area contributed by atoms with Gasteiger partial charge >= 0.3 is 0 Å². The van der Waals surface area contributed by atoms with Crippen LogP contribution in [0.15, 0.2) is 59.5 Å². The summed E-state index contributed by atoms with van der Waals surface area (Å²) in [5.74, 6) is 0.122. The van der Waals surface area contributed by atoms with Gasteiger partial charge in [-0.3, -0.25) is 9.59 Å². The van der Waals surface area contributed by atoms with Gasteiger partial charge < -0.3 is 14.5 Å². The predicted molar refractivity (Wildman–Crippen MR) is 127 cm³/mol. The Hall–Kier alpha value is -3.34. The Kier molecular flexibility index (Phi) is 5.68. The van der Waals surface area contributed by atoms with E-state index >= 15 is 0 Å². The topological polar surface area (TPSA) is 56.0 Å². The number of benzene rings is 2. The summed E-state index contributed by atoms with van der Waals surface area (Å²) in [5.41, 5.74) is 4.32. The van der Waals surface area contributed by atoms with E-state index in [0.717, 1.165) is 28.3 Å². The molecule has 0 aliphatic heterocycles. The van der Waals surface area contributed by atoms with Crippen LogP contribution >= 0.6 is 0 Å². The fourth-order valence-corrected chi connectivity index (χ4v) is 4.20. The van der Waals surface area contributed by atoms with Crippen molar-refractivity contribution in [3.8, 4) is 0 Å². The second-order valence-electron chi connectivity index (χ2n) is 8.55. The molecule has 5 heteroatoms. The summed E-state index contributed by atoms with van der Waals surface area (Å²) in [6.07, 6.45) is 2.72. The third-order valence-electron chi connectivity index (χ3n) is 5.82. The molecule has 1 amide bonds. The summed E-state index contributed by atoms with van der Waals surface area (Å²) in [6.45, 7) is 7.27. The first-order chi connectivity index (χ1) is 14.9. The normalized spacial score (nSPS) is 11.5. The Balaban J connectivity index is 1.81. The standard InChI is InChI=1S/C26H29N3O2/c1-5-18-10-12-19(13-11-18)14-27-25(30)21-16-29(15-17(2)3)26(31)24-23(21)20-8-6-7-9-22(20)28(24)4/h6-13,16-17H,5,14-15H2,1-4H3,(H,27,30). The minimum Gasteiger partial charge on any atom is -0.348 e. The lowest BCUT2D eigenvalue weighted by atomic mass is 10.1. The molecule has 0 aliphatic rings. The van der Waals surface area contributed by atoms with E-state index in [1.165, 1.54) is 5.56 Å². The first kappa shape index (κ1) is 20.9. The van der Waals surface area contributed by atoms with Crippen molar-refractivity contribution in [3.63, 3.8) is 0 Å². The Morgan fingerprint density at radius 3 is 2.39 bits per heavy atom. The summed E-state index contributed by atoms with van der Waals surface area (Å²) < 4.78 is 3.58. The minimum absolute atomic E-state index is 0.0610. The SMILES string of the molecule is CCc1ccc(CNC(=O)c2cn(CC(C)C)c(=O)c3c2c2ccccc2n3C)cc1. The van der Waals surface area contributed by atoms with E-state index in [0.29, 0.717) is 24.2 Å². The van der Waals surface area contributed by atoms with E-state index in [9.17, 15) is 9.59 Å². The molecule has 2 heterocycles. The number of para-hydroxylation sites is 1. The van der Waals surface area contributed by atoms with Crippen molar-refractivity contribution in [1.29, 1.82) is 0 Å². The van der Waals surface area contributed by atoms with Crippen LogP contribution in [0.3, 0.4) is 0 Å². The molecule has 4 rings (SSSR count). The lowest BCUT2D eigenvalue weighted by Crippen LogP contribution is -2.29. The van der Waals surface area contributed by atoms with E-state index in [1.807, 2.05) is 48.0 Å². The number of aryl methyl sites for hydroxylation is 2. The summed E-state index contributed by atoms with van der Waals surface area (Å²) >= 11 is 0. The molecule has 1 N–H and O–H groups in total. The number of hydrogen-bond acceptors (Lipinski definition) is 2. The van der Waals surface area contributed by atoms with Gasteiger partial charge in [0.05, 0.1) is 5.56 Å². The number of nitrogens with zero attached hydrogens (tertiary/aromatic N) is 2. The average molecular weight is 416 g/mol. The van der Waals surface area contributed by atoms with Crippen LogP contribution in [0.5, 0.6) is 0 Å². The monoisotopic (exact) mass is 415 g/mol. The van der Waals surface area contributed by atoms with Gasteiger partial charge in [-0.1, -0.05) is 63.2 Å². The molecule has 0 saturated carbocycles. The molecule has 0 unspecified atom stereocenters. The van der Waals surface area contributed by atoms with Crippen LogP contribution in [0.2, 0.25) is 0 Å². The highest BCUT2D eigenvalue weighted by Crippen LogP contribution is 2.29. The quantitative estimate of drug-likeness (QED) is 0.499. The molecule has 31 heavy (non-hydrogen) atoms. The molecule has 160 valence electrons. The Labute approximate surface area is 182 Å². The van der Waals surface area contributed by atoms with E-state index < -0.39 is 0 Å². The van der Waals surface area contributed by atoms with Crippen LogP contribution in [0.25, 0.3) is 21.8 Å². The van der Waals surface area contributed by atoms with E-state index in [4.69, 9.17) is 0 Å². The van der Waals surface area contributed by atoms with Crippen molar-refractivity contribution in [2.45, 2.75) is 40.3 Å². The summed E-state index contributed by atoms with van der Waals surface area (Å²) in [4.78, 5) is 26.6. The van der Waals surface area contributed by atoms with Crippen LogP contribution in [0, 0.1) is 5.92 Å². The smallest absolute Gasteiger partial charge is 0.275 e. The summed E-state index contributed by atoms with van der Waals surface area (Å²) in [5, 5.41) is 4.70. The van der Waals surface area contributed by atoms with E-state index in [1.54, 1.807) is 10.8 Å². The third kappa shape index (κ3) is 3.88. The van der Waals surface area contributed by atoms with Gasteiger partial charge in [-0.15, -0.1) is 0 Å². The Bertz CT molecular complexity index is 1310. The lowest BCUT2D eigenvalue weighted by molar-refractivity contribution is 0.0951. The number of rotatable bonds is 6. The van der Waals surface area contributed by atoms with Crippen LogP contribution < -0.4 is 10.9 Å². The highest BCUT2D eigenvalue weighted by atomic mass is 16.2. The van der Waals surface area contributed by atoms with Crippen molar-refractivity contribution in [1.82, 2.24) is 14.5 Å². The molecule has 0 bridgehead atoms. The zero-order valence-electron chi connectivity index (χ0n) is 18.6. The fourth-order valence-electron chi connectivity index (χ4n) is 4.20. The molecule has 4 aromatic rings. The number of nitrogens with one attached hydrogen (secondary N) is 1. The molecule has 0 spiro atoms. The predicted octanol–water partition coefficient (Wildman–Crippen LogP) is 4.64. The number of aromatic nitrogens is 2. The molecule has 0 radical (unpaired) electrons. The molecule has 2 aromatic heterocycles. The first-order valence-corrected chi connectivity index (χ1v) is 10.9. The lowest BCUT2D eigenvalue weighted by Gasteiger charge is -2.13. The average Bonchev–Trinajstić information content (AvgIpc) is 3.07. The van der Waals surface area contributed by atoms with E-state index in [2.05, 4.69) is 38.2 Å². The van der Waals surface area contributed by atoms with Gasteiger partial charge in [0, 0.05) is 42.6 Å². The van der Waals surface area contributed by atoms with Gasteiger partial charge in [-0.05, 0) is 29.5 Å². The number of hydrogen-bond donors (Lipinski definition) is 1. The summed E-state index contributed by atoms with van der Waals surface area (Å²) in [6, 6.07) is 16.1. The third-order valence-corrected chi connectivity index (χ3v) is 5.82. The number of amides is 1. The van der Waals surface area contributed by atoms with Gasteiger partial charge in [-0.25, -0.2) is 0 Å².